The van der Waals surface area contributed by atoms with Crippen molar-refractivity contribution in [2.45, 2.75) is 26.8 Å². The number of carbonyl (C=O) groups excluding carboxylic acids is 1. The van der Waals surface area contributed by atoms with Crippen molar-refractivity contribution in [2.75, 3.05) is 5.32 Å². The number of thiazole rings is 1. The number of nitrogens with zero attached hydrogens (tertiary/aromatic N) is 3. The highest BCUT2D eigenvalue weighted by Gasteiger charge is 2.10. The number of aryl methyl sites for hydroxylation is 2. The van der Waals surface area contributed by atoms with E-state index in [0.29, 0.717) is 16.8 Å². The molecule has 0 atom stereocenters. The molecule has 0 fully saturated rings. The topological polar surface area (TPSA) is 79.8 Å². The molecule has 0 aliphatic heterocycles. The molecule has 140 valence electrons. The number of carbonyl (C=O) groups is 1. The Morgan fingerprint density at radius 3 is 2.56 bits per heavy atom. The summed E-state index contributed by atoms with van der Waals surface area (Å²) in [6.45, 7) is 3.74. The van der Waals surface area contributed by atoms with Crippen LogP contribution in [-0.4, -0.2) is 20.9 Å². The number of hydrogen-bond donors (Lipinski definition) is 2. The second-order valence-corrected chi connectivity index (χ2v) is 6.79. The molecule has 0 spiro atoms. The van der Waals surface area contributed by atoms with E-state index in [2.05, 4.69) is 25.6 Å². The molecule has 0 saturated heterocycles. The van der Waals surface area contributed by atoms with Crippen molar-refractivity contribution < 1.29 is 13.6 Å². The molecular weight excluding hydrogens is 372 g/mol. The molecule has 0 saturated carbocycles. The zero-order chi connectivity index (χ0) is 19.4. The number of aromatic nitrogens is 3. The second kappa shape index (κ2) is 8.17. The molecule has 0 aliphatic rings. The van der Waals surface area contributed by atoms with Crippen LogP contribution in [0, 0.1) is 25.5 Å². The lowest BCUT2D eigenvalue weighted by Gasteiger charge is -2.05. The van der Waals surface area contributed by atoms with Gasteiger partial charge in [-0.05, 0) is 26.0 Å². The van der Waals surface area contributed by atoms with Gasteiger partial charge in [-0.3, -0.25) is 4.79 Å². The zero-order valence-corrected chi connectivity index (χ0v) is 15.5. The minimum Gasteiger partial charge on any atom is -0.352 e. The maximum Gasteiger partial charge on any atom is 0.229 e. The van der Waals surface area contributed by atoms with Gasteiger partial charge in [0.25, 0.3) is 0 Å². The summed E-state index contributed by atoms with van der Waals surface area (Å²) in [6.07, 6.45) is 0.0503. The summed E-state index contributed by atoms with van der Waals surface area (Å²) in [6, 6.07) is 5.11. The van der Waals surface area contributed by atoms with E-state index >= 15 is 0 Å². The molecule has 6 nitrogen and oxygen atoms in total. The first kappa shape index (κ1) is 18.8. The molecule has 9 heteroatoms. The van der Waals surface area contributed by atoms with Crippen LogP contribution < -0.4 is 10.6 Å². The summed E-state index contributed by atoms with van der Waals surface area (Å²) < 4.78 is 26.5. The van der Waals surface area contributed by atoms with Crippen molar-refractivity contribution in [3.63, 3.8) is 0 Å². The third kappa shape index (κ3) is 5.27. The molecule has 0 radical (unpaired) electrons. The molecule has 1 amide bonds. The smallest absolute Gasteiger partial charge is 0.229 e. The predicted octanol–water partition coefficient (Wildman–Crippen LogP) is 3.43. The second-order valence-electron chi connectivity index (χ2n) is 5.93. The zero-order valence-electron chi connectivity index (χ0n) is 14.7. The molecule has 1 aromatic carbocycles. The quantitative estimate of drug-likeness (QED) is 0.675. The lowest BCUT2D eigenvalue weighted by Crippen LogP contribution is -2.25. The predicted molar refractivity (Wildman–Crippen MR) is 98.8 cm³/mol. The van der Waals surface area contributed by atoms with Gasteiger partial charge in [-0.2, -0.15) is 0 Å². The maximum atomic E-state index is 13.6. The van der Waals surface area contributed by atoms with Gasteiger partial charge in [-0.1, -0.05) is 6.07 Å². The number of halogens is 2. The summed E-state index contributed by atoms with van der Waals surface area (Å²) in [7, 11) is 0. The van der Waals surface area contributed by atoms with Gasteiger partial charge in [0.2, 0.25) is 11.9 Å². The summed E-state index contributed by atoms with van der Waals surface area (Å²) in [5, 5.41) is 7.95. The Kier molecular flexibility index (Phi) is 5.70. The van der Waals surface area contributed by atoms with Crippen LogP contribution in [0.4, 0.5) is 19.9 Å². The third-order valence-electron chi connectivity index (χ3n) is 3.59. The molecule has 3 aromatic rings. The number of rotatable bonds is 6. The SMILES string of the molecule is Cc1cc(C)nc(Nc2nc(CC(=O)NCc3ccc(F)cc3F)cs2)n1. The van der Waals surface area contributed by atoms with Gasteiger partial charge in [-0.25, -0.2) is 23.7 Å². The Hall–Kier alpha value is -2.94. The fourth-order valence-corrected chi connectivity index (χ4v) is 3.11. The number of hydrogen-bond acceptors (Lipinski definition) is 6. The largest absolute Gasteiger partial charge is 0.352 e. The van der Waals surface area contributed by atoms with Gasteiger partial charge in [0.05, 0.1) is 12.1 Å². The summed E-state index contributed by atoms with van der Waals surface area (Å²) >= 11 is 1.33. The van der Waals surface area contributed by atoms with Crippen molar-refractivity contribution in [1.29, 1.82) is 0 Å². The van der Waals surface area contributed by atoms with Gasteiger partial charge in [0, 0.05) is 34.9 Å². The molecule has 2 aromatic heterocycles. The maximum absolute atomic E-state index is 13.6. The lowest BCUT2D eigenvalue weighted by molar-refractivity contribution is -0.120. The van der Waals surface area contributed by atoms with E-state index in [0.717, 1.165) is 23.5 Å². The van der Waals surface area contributed by atoms with Crippen LogP contribution in [-0.2, 0) is 17.8 Å². The Labute approximate surface area is 158 Å². The van der Waals surface area contributed by atoms with Crippen LogP contribution in [0.3, 0.4) is 0 Å². The van der Waals surface area contributed by atoms with Crippen molar-refractivity contribution in [3.05, 3.63) is 63.9 Å². The Balaban J connectivity index is 1.56. The highest BCUT2D eigenvalue weighted by Crippen LogP contribution is 2.19. The normalized spacial score (nSPS) is 10.7. The van der Waals surface area contributed by atoms with Gasteiger partial charge in [0.1, 0.15) is 11.6 Å². The minimum atomic E-state index is -0.691. The third-order valence-corrected chi connectivity index (χ3v) is 4.39. The standard InChI is InChI=1S/C18H17F2N5OS/c1-10-5-11(2)23-17(22-10)25-18-24-14(9-27-18)7-16(26)21-8-12-3-4-13(19)6-15(12)20/h3-6,9H,7-8H2,1-2H3,(H,21,26)(H,22,23,24,25). The lowest BCUT2D eigenvalue weighted by atomic mass is 10.2. The van der Waals surface area contributed by atoms with E-state index < -0.39 is 11.6 Å². The molecule has 0 bridgehead atoms. The number of anilines is 2. The van der Waals surface area contributed by atoms with E-state index in [1.54, 1.807) is 5.38 Å². The number of amides is 1. The summed E-state index contributed by atoms with van der Waals surface area (Å²) in [5.41, 5.74) is 2.48. The highest BCUT2D eigenvalue weighted by molar-refractivity contribution is 7.13. The fraction of sp³-hybridized carbons (Fsp3) is 0.222. The van der Waals surface area contributed by atoms with E-state index in [-0.39, 0.29) is 24.4 Å². The van der Waals surface area contributed by atoms with Crippen LogP contribution in [0.5, 0.6) is 0 Å². The molecular formula is C18H17F2N5OS. The van der Waals surface area contributed by atoms with Crippen LogP contribution >= 0.6 is 11.3 Å². The van der Waals surface area contributed by atoms with E-state index in [1.807, 2.05) is 19.9 Å². The Morgan fingerprint density at radius 2 is 1.85 bits per heavy atom. The Bertz CT molecular complexity index is 956. The van der Waals surface area contributed by atoms with E-state index in [4.69, 9.17) is 0 Å². The van der Waals surface area contributed by atoms with E-state index in [1.165, 1.54) is 17.4 Å². The molecule has 3 rings (SSSR count). The molecule has 2 N–H and O–H groups in total. The first-order chi connectivity index (χ1) is 12.9. The van der Waals surface area contributed by atoms with Gasteiger partial charge in [-0.15, -0.1) is 11.3 Å². The molecule has 0 unspecified atom stereocenters. The monoisotopic (exact) mass is 389 g/mol. The minimum absolute atomic E-state index is 0.0173. The van der Waals surface area contributed by atoms with E-state index in [9.17, 15) is 13.6 Å². The summed E-state index contributed by atoms with van der Waals surface area (Å²) in [4.78, 5) is 24.9. The van der Waals surface area contributed by atoms with Gasteiger partial charge < -0.3 is 10.6 Å². The average molecular weight is 389 g/mol. The fourth-order valence-electron chi connectivity index (χ4n) is 2.41. The Morgan fingerprint density at radius 1 is 1.11 bits per heavy atom. The first-order valence-electron chi connectivity index (χ1n) is 8.13. The van der Waals surface area contributed by atoms with Crippen molar-refractivity contribution >= 4 is 28.3 Å². The van der Waals surface area contributed by atoms with Crippen LogP contribution in [0.1, 0.15) is 22.6 Å². The number of benzene rings is 1. The molecule has 27 heavy (non-hydrogen) atoms. The first-order valence-corrected chi connectivity index (χ1v) is 9.01. The van der Waals surface area contributed by atoms with Crippen molar-refractivity contribution in [1.82, 2.24) is 20.3 Å². The average Bonchev–Trinajstić information content (AvgIpc) is 3.00. The van der Waals surface area contributed by atoms with Crippen LogP contribution in [0.15, 0.2) is 29.6 Å². The van der Waals surface area contributed by atoms with Gasteiger partial charge in [0.15, 0.2) is 5.13 Å². The van der Waals surface area contributed by atoms with Crippen LogP contribution in [0.2, 0.25) is 0 Å². The van der Waals surface area contributed by atoms with Gasteiger partial charge >= 0.3 is 0 Å². The van der Waals surface area contributed by atoms with Crippen LogP contribution in [0.25, 0.3) is 0 Å². The molecule has 2 heterocycles. The van der Waals surface area contributed by atoms with Crippen molar-refractivity contribution in [3.8, 4) is 0 Å². The highest BCUT2D eigenvalue weighted by atomic mass is 32.1. The molecule has 0 aliphatic carbocycles. The summed E-state index contributed by atoms with van der Waals surface area (Å²) in [5.74, 6) is -1.20. The number of nitrogens with one attached hydrogen (secondary N) is 2. The van der Waals surface area contributed by atoms with Crippen molar-refractivity contribution in [2.24, 2.45) is 0 Å².